The maximum Gasteiger partial charge on any atom is 0.407 e. The summed E-state index contributed by atoms with van der Waals surface area (Å²) >= 11 is 0. The lowest BCUT2D eigenvalue weighted by Gasteiger charge is -2.19. The minimum absolute atomic E-state index is 0.0634. The van der Waals surface area contributed by atoms with E-state index in [9.17, 15) is 14.9 Å². The molecule has 0 heterocycles. The van der Waals surface area contributed by atoms with E-state index in [-0.39, 0.29) is 17.9 Å². The normalized spacial score (nSPS) is 10.9. The number of hydrogen-bond acceptors (Lipinski definition) is 5. The molecule has 0 spiro atoms. The smallest absolute Gasteiger partial charge is 0.407 e. The molecule has 0 bridgehead atoms. The quantitative estimate of drug-likeness (QED) is 0.496. The van der Waals surface area contributed by atoms with Gasteiger partial charge in [-0.05, 0) is 32.4 Å². The highest BCUT2D eigenvalue weighted by Crippen LogP contribution is 2.21. The van der Waals surface area contributed by atoms with Crippen molar-refractivity contribution in [1.29, 1.82) is 0 Å². The topological polar surface area (TPSA) is 107 Å². The number of hydrogen-bond donors (Lipinski definition) is 2. The molecule has 1 aromatic rings. The van der Waals surface area contributed by atoms with Crippen LogP contribution >= 0.6 is 0 Å². The number of anilines is 1. The highest BCUT2D eigenvalue weighted by atomic mass is 16.6. The van der Waals surface area contributed by atoms with Crippen LogP contribution in [0.3, 0.4) is 0 Å². The van der Waals surface area contributed by atoms with Crippen molar-refractivity contribution in [2.75, 3.05) is 5.73 Å². The van der Waals surface area contributed by atoms with Gasteiger partial charge in [0.05, 0.1) is 4.92 Å². The molecule has 104 valence electrons. The fraction of sp³-hybridized carbons (Fsp3) is 0.417. The Morgan fingerprint density at radius 1 is 1.47 bits per heavy atom. The van der Waals surface area contributed by atoms with Crippen LogP contribution in [0.5, 0.6) is 0 Å². The van der Waals surface area contributed by atoms with E-state index < -0.39 is 16.6 Å². The van der Waals surface area contributed by atoms with Crippen LogP contribution in [0.2, 0.25) is 0 Å². The zero-order chi connectivity index (χ0) is 14.6. The van der Waals surface area contributed by atoms with Crippen LogP contribution in [-0.4, -0.2) is 16.6 Å². The first kappa shape index (κ1) is 14.7. The van der Waals surface area contributed by atoms with E-state index >= 15 is 0 Å². The number of rotatable bonds is 3. The Bertz CT molecular complexity index is 494. The molecular weight excluding hydrogens is 250 g/mol. The number of nitrogens with zero attached hydrogens (tertiary/aromatic N) is 1. The third-order valence-corrected chi connectivity index (χ3v) is 2.12. The van der Waals surface area contributed by atoms with Gasteiger partial charge in [-0.1, -0.05) is 6.07 Å². The van der Waals surface area contributed by atoms with Crippen molar-refractivity contribution in [3.8, 4) is 0 Å². The summed E-state index contributed by atoms with van der Waals surface area (Å²) in [5.41, 5.74) is 5.55. The van der Waals surface area contributed by atoms with Crippen molar-refractivity contribution in [3.63, 3.8) is 0 Å². The van der Waals surface area contributed by atoms with Crippen molar-refractivity contribution in [2.24, 2.45) is 0 Å². The SMILES string of the molecule is CC(C)(C)OC(=O)NCc1ccc([N+](=O)[O-])c(N)c1. The minimum atomic E-state index is -0.571. The Labute approximate surface area is 110 Å². The van der Waals surface area contributed by atoms with Gasteiger partial charge in [0.25, 0.3) is 5.69 Å². The number of nitrogens with one attached hydrogen (secondary N) is 1. The number of ether oxygens (including phenoxy) is 1. The number of amides is 1. The molecule has 0 atom stereocenters. The van der Waals surface area contributed by atoms with Crippen LogP contribution in [0.4, 0.5) is 16.2 Å². The average molecular weight is 267 g/mol. The highest BCUT2D eigenvalue weighted by molar-refractivity contribution is 5.68. The number of carbonyl (C=O) groups is 1. The van der Waals surface area contributed by atoms with Crippen LogP contribution in [-0.2, 0) is 11.3 Å². The molecule has 0 radical (unpaired) electrons. The molecule has 7 nitrogen and oxygen atoms in total. The summed E-state index contributed by atoms with van der Waals surface area (Å²) in [7, 11) is 0. The van der Waals surface area contributed by atoms with E-state index in [2.05, 4.69) is 5.32 Å². The van der Waals surface area contributed by atoms with Crippen LogP contribution in [0.25, 0.3) is 0 Å². The van der Waals surface area contributed by atoms with Gasteiger partial charge in [0.15, 0.2) is 0 Å². The summed E-state index contributed by atoms with van der Waals surface area (Å²) < 4.78 is 5.06. The third kappa shape index (κ3) is 4.82. The molecule has 1 amide bonds. The van der Waals surface area contributed by atoms with Gasteiger partial charge in [-0.15, -0.1) is 0 Å². The number of nitro groups is 1. The Kier molecular flexibility index (Phi) is 4.31. The molecule has 7 heteroatoms. The third-order valence-electron chi connectivity index (χ3n) is 2.12. The van der Waals surface area contributed by atoms with Gasteiger partial charge in [-0.25, -0.2) is 4.79 Å². The monoisotopic (exact) mass is 267 g/mol. The van der Waals surface area contributed by atoms with Crippen LogP contribution in [0.15, 0.2) is 18.2 Å². The van der Waals surface area contributed by atoms with E-state index in [1.165, 1.54) is 18.2 Å². The molecule has 0 aliphatic rings. The lowest BCUT2D eigenvalue weighted by Crippen LogP contribution is -2.32. The maximum absolute atomic E-state index is 11.4. The largest absolute Gasteiger partial charge is 0.444 e. The van der Waals surface area contributed by atoms with Crippen molar-refractivity contribution >= 4 is 17.5 Å². The molecule has 1 rings (SSSR count). The van der Waals surface area contributed by atoms with Gasteiger partial charge in [-0.3, -0.25) is 10.1 Å². The molecule has 0 aliphatic carbocycles. The van der Waals surface area contributed by atoms with E-state index in [0.717, 1.165) is 0 Å². The van der Waals surface area contributed by atoms with Gasteiger partial charge in [0.1, 0.15) is 11.3 Å². The first-order valence-electron chi connectivity index (χ1n) is 5.68. The van der Waals surface area contributed by atoms with Crippen LogP contribution < -0.4 is 11.1 Å². The van der Waals surface area contributed by atoms with Crippen molar-refractivity contribution in [2.45, 2.75) is 32.9 Å². The predicted octanol–water partition coefficient (Wildman–Crippen LogP) is 2.20. The van der Waals surface area contributed by atoms with Crippen LogP contribution in [0, 0.1) is 10.1 Å². The molecule has 0 unspecified atom stereocenters. The van der Waals surface area contributed by atoms with Gasteiger partial charge < -0.3 is 15.8 Å². The van der Waals surface area contributed by atoms with Crippen molar-refractivity contribution in [3.05, 3.63) is 33.9 Å². The lowest BCUT2D eigenvalue weighted by molar-refractivity contribution is -0.383. The molecule has 0 saturated heterocycles. The standard InChI is InChI=1S/C12H17N3O4/c1-12(2,3)19-11(16)14-7-8-4-5-10(15(17)18)9(13)6-8/h4-6H,7,13H2,1-3H3,(H,14,16). The molecule has 0 aliphatic heterocycles. The second-order valence-electron chi connectivity index (χ2n) is 5.01. The second kappa shape index (κ2) is 5.55. The molecule has 3 N–H and O–H groups in total. The average Bonchev–Trinajstić information content (AvgIpc) is 2.23. The number of nitrogen functional groups attached to an aromatic ring is 1. The lowest BCUT2D eigenvalue weighted by atomic mass is 10.2. The molecule has 0 saturated carbocycles. The molecule has 0 fully saturated rings. The zero-order valence-electron chi connectivity index (χ0n) is 11.1. The number of benzene rings is 1. The Morgan fingerprint density at radius 2 is 2.11 bits per heavy atom. The van der Waals surface area contributed by atoms with E-state index in [1.807, 2.05) is 0 Å². The van der Waals surface area contributed by atoms with Crippen LogP contribution in [0.1, 0.15) is 26.3 Å². The summed E-state index contributed by atoms with van der Waals surface area (Å²) in [5.74, 6) is 0. The van der Waals surface area contributed by atoms with Gasteiger partial charge >= 0.3 is 6.09 Å². The number of nitrogens with two attached hydrogens (primary N) is 1. The first-order valence-corrected chi connectivity index (χ1v) is 5.68. The summed E-state index contributed by atoms with van der Waals surface area (Å²) in [6.07, 6.45) is -0.551. The van der Waals surface area contributed by atoms with Gasteiger partial charge in [0.2, 0.25) is 0 Å². The van der Waals surface area contributed by atoms with Crippen molar-refractivity contribution < 1.29 is 14.5 Å². The molecular formula is C12H17N3O4. The molecule has 19 heavy (non-hydrogen) atoms. The molecule has 1 aromatic carbocycles. The van der Waals surface area contributed by atoms with Gasteiger partial charge in [0, 0.05) is 12.6 Å². The van der Waals surface area contributed by atoms with Crippen molar-refractivity contribution in [1.82, 2.24) is 5.32 Å². The zero-order valence-corrected chi connectivity index (χ0v) is 11.1. The summed E-state index contributed by atoms with van der Waals surface area (Å²) in [5, 5.41) is 13.1. The second-order valence-corrected chi connectivity index (χ2v) is 5.01. The molecule has 0 aromatic heterocycles. The summed E-state index contributed by atoms with van der Waals surface area (Å²) in [4.78, 5) is 21.5. The predicted molar refractivity (Wildman–Crippen MR) is 70.6 cm³/mol. The number of carbonyl (C=O) groups excluding carboxylic acids is 1. The van der Waals surface area contributed by atoms with E-state index in [4.69, 9.17) is 10.5 Å². The Morgan fingerprint density at radius 3 is 2.58 bits per heavy atom. The summed E-state index contributed by atoms with van der Waals surface area (Å²) in [6, 6.07) is 4.29. The Hall–Kier alpha value is -2.31. The van der Waals surface area contributed by atoms with E-state index in [1.54, 1.807) is 20.8 Å². The fourth-order valence-corrected chi connectivity index (χ4v) is 1.37. The first-order chi connectivity index (χ1) is 8.69. The maximum atomic E-state index is 11.4. The summed E-state index contributed by atoms with van der Waals surface area (Å²) in [6.45, 7) is 5.47. The number of nitro benzene ring substituents is 1. The fourth-order valence-electron chi connectivity index (χ4n) is 1.37. The minimum Gasteiger partial charge on any atom is -0.444 e. The van der Waals surface area contributed by atoms with Gasteiger partial charge in [-0.2, -0.15) is 0 Å². The number of alkyl carbamates (subject to hydrolysis) is 1. The van der Waals surface area contributed by atoms with E-state index in [0.29, 0.717) is 5.56 Å². The highest BCUT2D eigenvalue weighted by Gasteiger charge is 2.16. The Balaban J connectivity index is 2.62.